The smallest absolute Gasteiger partial charge is 0.157 e. The van der Waals surface area contributed by atoms with Gasteiger partial charge in [0.2, 0.25) is 0 Å². The zero-order chi connectivity index (χ0) is 13.2. The molecule has 0 aliphatic heterocycles. The molecule has 1 heterocycles. The van der Waals surface area contributed by atoms with Crippen LogP contribution in [0.1, 0.15) is 24.4 Å². The number of phenolic OH excluding ortho intramolecular Hbond substituents is 2. The fraction of sp³-hybridized carbons (Fsp3) is 0.308. The molecule has 2 aromatic rings. The summed E-state index contributed by atoms with van der Waals surface area (Å²) in [6.07, 6.45) is 1.79. The summed E-state index contributed by atoms with van der Waals surface area (Å²) in [6.45, 7) is 4.72. The SMILES string of the molecule is CC(C)(NCc1ccc(O)c(O)c1)c1nccs1. The van der Waals surface area contributed by atoms with Gasteiger partial charge in [0.15, 0.2) is 11.5 Å². The first-order valence-corrected chi connectivity index (χ1v) is 6.53. The van der Waals surface area contributed by atoms with Crippen LogP contribution in [0, 0.1) is 0 Å². The maximum atomic E-state index is 9.43. The van der Waals surface area contributed by atoms with Crippen LogP contribution in [0.5, 0.6) is 11.5 Å². The van der Waals surface area contributed by atoms with Gasteiger partial charge in [0.25, 0.3) is 0 Å². The van der Waals surface area contributed by atoms with Gasteiger partial charge >= 0.3 is 0 Å². The number of phenols is 2. The highest BCUT2D eigenvalue weighted by atomic mass is 32.1. The van der Waals surface area contributed by atoms with Gasteiger partial charge in [0, 0.05) is 18.1 Å². The molecule has 0 unspecified atom stereocenters. The fourth-order valence-corrected chi connectivity index (χ4v) is 2.35. The number of hydrogen-bond acceptors (Lipinski definition) is 5. The summed E-state index contributed by atoms with van der Waals surface area (Å²) in [6, 6.07) is 4.82. The molecule has 0 saturated heterocycles. The van der Waals surface area contributed by atoms with E-state index in [0.29, 0.717) is 6.54 Å². The Hall–Kier alpha value is -1.59. The lowest BCUT2D eigenvalue weighted by molar-refractivity contribution is 0.392. The van der Waals surface area contributed by atoms with Gasteiger partial charge in [0.05, 0.1) is 5.54 Å². The topological polar surface area (TPSA) is 65.4 Å². The first-order chi connectivity index (χ1) is 8.49. The number of hydrogen-bond donors (Lipinski definition) is 3. The number of nitrogens with one attached hydrogen (secondary N) is 1. The van der Waals surface area contributed by atoms with E-state index in [1.54, 1.807) is 29.7 Å². The van der Waals surface area contributed by atoms with Gasteiger partial charge in [-0.3, -0.25) is 0 Å². The molecule has 0 fully saturated rings. The maximum Gasteiger partial charge on any atom is 0.157 e. The molecule has 3 N–H and O–H groups in total. The Morgan fingerprint density at radius 3 is 2.67 bits per heavy atom. The number of thiazole rings is 1. The first kappa shape index (κ1) is 12.9. The van der Waals surface area contributed by atoms with Crippen molar-refractivity contribution in [1.29, 1.82) is 0 Å². The molecule has 5 heteroatoms. The van der Waals surface area contributed by atoms with E-state index in [1.165, 1.54) is 6.07 Å². The molecule has 0 aliphatic carbocycles. The standard InChI is InChI=1S/C13H16N2O2S/c1-13(2,12-14-5-6-18-12)15-8-9-3-4-10(16)11(17)7-9/h3-7,15-17H,8H2,1-2H3. The average Bonchev–Trinajstić information content (AvgIpc) is 2.85. The summed E-state index contributed by atoms with van der Waals surface area (Å²) < 4.78 is 0. The lowest BCUT2D eigenvalue weighted by Crippen LogP contribution is -2.35. The van der Waals surface area contributed by atoms with Crippen molar-refractivity contribution >= 4 is 11.3 Å². The monoisotopic (exact) mass is 264 g/mol. The summed E-state index contributed by atoms with van der Waals surface area (Å²) >= 11 is 1.61. The predicted molar refractivity (Wildman–Crippen MR) is 71.8 cm³/mol. The van der Waals surface area contributed by atoms with Crippen LogP contribution in [-0.2, 0) is 12.1 Å². The van der Waals surface area contributed by atoms with Crippen molar-refractivity contribution in [3.63, 3.8) is 0 Å². The van der Waals surface area contributed by atoms with Crippen LogP contribution < -0.4 is 5.32 Å². The highest BCUT2D eigenvalue weighted by Gasteiger charge is 2.22. The summed E-state index contributed by atoms with van der Waals surface area (Å²) in [5, 5.41) is 25.0. The van der Waals surface area contributed by atoms with E-state index in [0.717, 1.165) is 10.6 Å². The van der Waals surface area contributed by atoms with E-state index in [1.807, 2.05) is 5.38 Å². The second-order valence-electron chi connectivity index (χ2n) is 4.64. The van der Waals surface area contributed by atoms with E-state index < -0.39 is 0 Å². The normalized spacial score (nSPS) is 11.7. The number of rotatable bonds is 4. The van der Waals surface area contributed by atoms with Gasteiger partial charge in [-0.05, 0) is 31.5 Å². The fourth-order valence-electron chi connectivity index (χ4n) is 1.61. The molecule has 0 bridgehead atoms. The Bertz CT molecular complexity index is 524. The molecule has 0 saturated carbocycles. The van der Waals surface area contributed by atoms with Gasteiger partial charge in [-0.1, -0.05) is 6.07 Å². The minimum Gasteiger partial charge on any atom is -0.504 e. The van der Waals surface area contributed by atoms with E-state index in [2.05, 4.69) is 24.1 Å². The third-order valence-corrected chi connectivity index (χ3v) is 3.84. The highest BCUT2D eigenvalue weighted by Crippen LogP contribution is 2.26. The third kappa shape index (κ3) is 2.80. The van der Waals surface area contributed by atoms with Gasteiger partial charge in [-0.2, -0.15) is 0 Å². The van der Waals surface area contributed by atoms with Gasteiger partial charge in [-0.15, -0.1) is 11.3 Å². The van der Waals surface area contributed by atoms with Crippen LogP contribution in [0.4, 0.5) is 0 Å². The molecule has 96 valence electrons. The van der Waals surface area contributed by atoms with Crippen LogP contribution in [0.2, 0.25) is 0 Å². The number of aromatic nitrogens is 1. The molecule has 0 aliphatic rings. The molecule has 1 aromatic carbocycles. The molecule has 0 radical (unpaired) electrons. The summed E-state index contributed by atoms with van der Waals surface area (Å²) in [4.78, 5) is 4.30. The molecule has 1 aromatic heterocycles. The van der Waals surface area contributed by atoms with Crippen LogP contribution in [0.25, 0.3) is 0 Å². The Kier molecular flexibility index (Phi) is 3.54. The van der Waals surface area contributed by atoms with E-state index >= 15 is 0 Å². The summed E-state index contributed by atoms with van der Waals surface area (Å²) in [7, 11) is 0. The van der Waals surface area contributed by atoms with Crippen molar-refractivity contribution in [2.45, 2.75) is 25.9 Å². The summed E-state index contributed by atoms with van der Waals surface area (Å²) in [5.74, 6) is -0.195. The van der Waals surface area contributed by atoms with E-state index in [-0.39, 0.29) is 17.0 Å². The quantitative estimate of drug-likeness (QED) is 0.743. The Morgan fingerprint density at radius 1 is 1.28 bits per heavy atom. The number of benzene rings is 1. The lowest BCUT2D eigenvalue weighted by atomic mass is 10.1. The van der Waals surface area contributed by atoms with Gasteiger partial charge in [0.1, 0.15) is 5.01 Å². The molecule has 2 rings (SSSR count). The van der Waals surface area contributed by atoms with Crippen LogP contribution >= 0.6 is 11.3 Å². The second-order valence-corrected chi connectivity index (χ2v) is 5.53. The highest BCUT2D eigenvalue weighted by molar-refractivity contribution is 7.09. The zero-order valence-electron chi connectivity index (χ0n) is 10.3. The summed E-state index contributed by atoms with van der Waals surface area (Å²) in [5.41, 5.74) is 0.691. The Morgan fingerprint density at radius 2 is 2.06 bits per heavy atom. The van der Waals surface area contributed by atoms with Crippen LogP contribution in [0.15, 0.2) is 29.8 Å². The van der Waals surface area contributed by atoms with Gasteiger partial charge in [-0.25, -0.2) is 4.98 Å². The number of aromatic hydroxyl groups is 2. The van der Waals surface area contributed by atoms with Crippen LogP contribution in [-0.4, -0.2) is 15.2 Å². The van der Waals surface area contributed by atoms with Crippen molar-refractivity contribution in [1.82, 2.24) is 10.3 Å². The van der Waals surface area contributed by atoms with E-state index in [9.17, 15) is 10.2 Å². The largest absolute Gasteiger partial charge is 0.504 e. The Balaban J connectivity index is 2.05. The zero-order valence-corrected chi connectivity index (χ0v) is 11.2. The molecule has 0 amide bonds. The first-order valence-electron chi connectivity index (χ1n) is 5.65. The van der Waals surface area contributed by atoms with Crippen molar-refractivity contribution in [3.05, 3.63) is 40.3 Å². The van der Waals surface area contributed by atoms with Crippen molar-refractivity contribution < 1.29 is 10.2 Å². The number of nitrogens with zero attached hydrogens (tertiary/aromatic N) is 1. The van der Waals surface area contributed by atoms with Crippen molar-refractivity contribution in [2.24, 2.45) is 0 Å². The second kappa shape index (κ2) is 4.96. The van der Waals surface area contributed by atoms with Crippen molar-refractivity contribution in [3.8, 4) is 11.5 Å². The molecule has 0 spiro atoms. The van der Waals surface area contributed by atoms with E-state index in [4.69, 9.17) is 0 Å². The average molecular weight is 264 g/mol. The molecular weight excluding hydrogens is 248 g/mol. The van der Waals surface area contributed by atoms with Crippen LogP contribution in [0.3, 0.4) is 0 Å². The lowest BCUT2D eigenvalue weighted by Gasteiger charge is -2.24. The predicted octanol–water partition coefficient (Wildman–Crippen LogP) is 2.58. The minimum atomic E-state index is -0.221. The van der Waals surface area contributed by atoms with Crippen molar-refractivity contribution in [2.75, 3.05) is 0 Å². The molecule has 4 nitrogen and oxygen atoms in total. The van der Waals surface area contributed by atoms with Gasteiger partial charge < -0.3 is 15.5 Å². The third-order valence-electron chi connectivity index (χ3n) is 2.74. The molecular formula is C13H16N2O2S. The minimum absolute atomic E-state index is 0.0960. The molecule has 0 atom stereocenters. The molecule has 18 heavy (non-hydrogen) atoms. The Labute approximate surface area is 110 Å². The maximum absolute atomic E-state index is 9.43.